The van der Waals surface area contributed by atoms with Gasteiger partial charge in [0.05, 0.1) is 11.1 Å². The Bertz CT molecular complexity index is 757. The smallest absolute Gasteiger partial charge is 0.0965 e. The van der Waals surface area contributed by atoms with Gasteiger partial charge in [-0.25, -0.2) is 4.98 Å². The summed E-state index contributed by atoms with van der Waals surface area (Å²) in [4.78, 5) is 4.58. The molecule has 1 aromatic heterocycles. The number of nitrogens with zero attached hydrogens (tertiary/aromatic N) is 1. The molecule has 0 unspecified atom stereocenters. The van der Waals surface area contributed by atoms with Crippen molar-refractivity contribution in [2.75, 3.05) is 0 Å². The minimum absolute atomic E-state index is 0.128. The van der Waals surface area contributed by atoms with E-state index in [0.717, 1.165) is 21.9 Å². The molecule has 0 aliphatic carbocycles. The Morgan fingerprint density at radius 2 is 1.65 bits per heavy atom. The van der Waals surface area contributed by atoms with E-state index in [4.69, 9.17) is 5.73 Å². The summed E-state index contributed by atoms with van der Waals surface area (Å²) in [6, 6.07) is 22.6. The Labute approximate surface area is 141 Å². The topological polar surface area (TPSA) is 38.9 Å². The predicted octanol–water partition coefficient (Wildman–Crippen LogP) is 4.73. The van der Waals surface area contributed by atoms with Gasteiger partial charge in [0.25, 0.3) is 0 Å². The Hall–Kier alpha value is -2.10. The number of benzene rings is 2. The number of rotatable bonds is 5. The van der Waals surface area contributed by atoms with Crippen molar-refractivity contribution in [3.63, 3.8) is 0 Å². The van der Waals surface area contributed by atoms with E-state index in [0.29, 0.717) is 0 Å². The molecule has 0 radical (unpaired) electrons. The molecule has 23 heavy (non-hydrogen) atoms. The zero-order valence-electron chi connectivity index (χ0n) is 13.1. The minimum atomic E-state index is -0.128. The van der Waals surface area contributed by atoms with Crippen LogP contribution in [0, 0.1) is 6.92 Å². The Balaban J connectivity index is 1.73. The molecule has 1 heterocycles. The van der Waals surface area contributed by atoms with Crippen LogP contribution in [0.5, 0.6) is 0 Å². The Morgan fingerprint density at radius 3 is 2.30 bits per heavy atom. The van der Waals surface area contributed by atoms with Crippen LogP contribution < -0.4 is 5.73 Å². The fourth-order valence-corrected chi connectivity index (χ4v) is 3.41. The van der Waals surface area contributed by atoms with E-state index in [1.54, 1.807) is 11.8 Å². The van der Waals surface area contributed by atoms with Crippen molar-refractivity contribution in [1.82, 2.24) is 4.98 Å². The van der Waals surface area contributed by atoms with Gasteiger partial charge in [0.1, 0.15) is 0 Å². The molecule has 2 nitrogen and oxygen atoms in total. The summed E-state index contributed by atoms with van der Waals surface area (Å²) in [5.41, 5.74) is 11.1. The number of thioether (sulfide) groups is 1. The highest BCUT2D eigenvalue weighted by Gasteiger charge is 2.12. The van der Waals surface area contributed by atoms with Crippen LogP contribution in [0.15, 0.2) is 78.0 Å². The normalized spacial score (nSPS) is 12.1. The molecule has 0 aliphatic heterocycles. The number of nitrogens with two attached hydrogens (primary N) is 1. The summed E-state index contributed by atoms with van der Waals surface area (Å²) < 4.78 is 0. The molecule has 0 spiro atoms. The summed E-state index contributed by atoms with van der Waals surface area (Å²) in [5, 5.41) is 1.04. The van der Waals surface area contributed by atoms with Crippen LogP contribution >= 0.6 is 11.8 Å². The third kappa shape index (κ3) is 4.01. The lowest BCUT2D eigenvalue weighted by molar-refractivity contribution is 0.843. The van der Waals surface area contributed by atoms with Gasteiger partial charge in [0, 0.05) is 11.9 Å². The predicted molar refractivity (Wildman–Crippen MR) is 97.4 cm³/mol. The lowest BCUT2D eigenvalue weighted by atomic mass is 9.98. The van der Waals surface area contributed by atoms with Crippen molar-refractivity contribution in [2.45, 2.75) is 23.7 Å². The van der Waals surface area contributed by atoms with Gasteiger partial charge in [-0.15, -0.1) is 11.8 Å². The van der Waals surface area contributed by atoms with Crippen molar-refractivity contribution in [3.8, 4) is 0 Å². The van der Waals surface area contributed by atoms with Crippen molar-refractivity contribution in [1.29, 1.82) is 0 Å². The van der Waals surface area contributed by atoms with Gasteiger partial charge in [-0.3, -0.25) is 0 Å². The molecule has 2 aromatic carbocycles. The molecule has 0 fully saturated rings. The number of aryl methyl sites for hydroxylation is 1. The van der Waals surface area contributed by atoms with Crippen LogP contribution in [0.1, 0.15) is 28.3 Å². The Kier molecular flexibility index (Phi) is 5.11. The van der Waals surface area contributed by atoms with Crippen LogP contribution in [-0.2, 0) is 5.75 Å². The first-order chi connectivity index (χ1) is 11.2. The lowest BCUT2D eigenvalue weighted by Crippen LogP contribution is -2.13. The van der Waals surface area contributed by atoms with E-state index in [2.05, 4.69) is 54.4 Å². The van der Waals surface area contributed by atoms with Crippen LogP contribution in [0.4, 0.5) is 0 Å². The van der Waals surface area contributed by atoms with Crippen LogP contribution in [0.3, 0.4) is 0 Å². The Morgan fingerprint density at radius 1 is 1.00 bits per heavy atom. The third-order valence-electron chi connectivity index (χ3n) is 3.85. The van der Waals surface area contributed by atoms with Crippen molar-refractivity contribution in [2.24, 2.45) is 5.73 Å². The van der Waals surface area contributed by atoms with Crippen molar-refractivity contribution in [3.05, 3.63) is 95.2 Å². The average Bonchev–Trinajstić information content (AvgIpc) is 2.61. The maximum atomic E-state index is 6.39. The number of aromatic nitrogens is 1. The molecule has 116 valence electrons. The molecule has 0 aliphatic rings. The van der Waals surface area contributed by atoms with Gasteiger partial charge in [-0.1, -0.05) is 60.7 Å². The second-order valence-electron chi connectivity index (χ2n) is 5.54. The first kappa shape index (κ1) is 15.8. The number of pyridine rings is 1. The molecule has 3 rings (SSSR count). The van der Waals surface area contributed by atoms with Gasteiger partial charge in [0.15, 0.2) is 0 Å². The molecule has 2 N–H and O–H groups in total. The summed E-state index contributed by atoms with van der Waals surface area (Å²) in [6.45, 7) is 2.10. The van der Waals surface area contributed by atoms with Gasteiger partial charge in [-0.05, 0) is 35.2 Å². The second-order valence-corrected chi connectivity index (χ2v) is 6.54. The van der Waals surface area contributed by atoms with E-state index in [9.17, 15) is 0 Å². The number of hydrogen-bond acceptors (Lipinski definition) is 3. The van der Waals surface area contributed by atoms with Gasteiger partial charge < -0.3 is 5.73 Å². The first-order valence-electron chi connectivity index (χ1n) is 7.68. The summed E-state index contributed by atoms with van der Waals surface area (Å²) in [6.07, 6.45) is 1.92. The highest BCUT2D eigenvalue weighted by atomic mass is 32.2. The van der Waals surface area contributed by atoms with E-state index >= 15 is 0 Å². The number of hydrogen-bond donors (Lipinski definition) is 1. The lowest BCUT2D eigenvalue weighted by Gasteiger charge is -2.15. The molecule has 0 bridgehead atoms. The van der Waals surface area contributed by atoms with Crippen LogP contribution in [0.2, 0.25) is 0 Å². The summed E-state index contributed by atoms with van der Waals surface area (Å²) in [5.74, 6) is 0.928. The zero-order chi connectivity index (χ0) is 16.1. The molecule has 0 saturated carbocycles. The molecule has 3 aromatic rings. The molecule has 3 heteroatoms. The van der Waals surface area contributed by atoms with E-state index in [1.165, 1.54) is 11.1 Å². The third-order valence-corrected chi connectivity index (χ3v) is 4.85. The van der Waals surface area contributed by atoms with E-state index in [1.807, 2.05) is 30.5 Å². The van der Waals surface area contributed by atoms with Crippen molar-refractivity contribution < 1.29 is 0 Å². The standard InChI is InChI=1S/C20H20N2S/c1-15-12-19(23-14-16-8-4-2-5-9-16)22-13-18(15)20(21)17-10-6-3-7-11-17/h2-13,20H,14,21H2,1H3/t20-/m0/s1. The SMILES string of the molecule is Cc1cc(SCc2ccccc2)ncc1[C@@H](N)c1ccccc1. The fraction of sp³-hybridized carbons (Fsp3) is 0.150. The van der Waals surface area contributed by atoms with E-state index in [-0.39, 0.29) is 6.04 Å². The maximum Gasteiger partial charge on any atom is 0.0965 e. The maximum absolute atomic E-state index is 6.39. The van der Waals surface area contributed by atoms with Crippen molar-refractivity contribution >= 4 is 11.8 Å². The summed E-state index contributed by atoms with van der Waals surface area (Å²) in [7, 11) is 0. The largest absolute Gasteiger partial charge is 0.320 e. The molecular weight excluding hydrogens is 300 g/mol. The fourth-order valence-electron chi connectivity index (χ4n) is 2.52. The molecule has 1 atom stereocenters. The first-order valence-corrected chi connectivity index (χ1v) is 8.66. The summed E-state index contributed by atoms with van der Waals surface area (Å²) >= 11 is 1.75. The zero-order valence-corrected chi connectivity index (χ0v) is 14.0. The van der Waals surface area contributed by atoms with Gasteiger partial charge in [0.2, 0.25) is 0 Å². The van der Waals surface area contributed by atoms with Gasteiger partial charge in [-0.2, -0.15) is 0 Å². The molecular formula is C20H20N2S. The van der Waals surface area contributed by atoms with E-state index < -0.39 is 0 Å². The minimum Gasteiger partial charge on any atom is -0.320 e. The second kappa shape index (κ2) is 7.44. The molecule has 0 saturated heterocycles. The molecule has 0 amide bonds. The van der Waals surface area contributed by atoms with Crippen LogP contribution in [-0.4, -0.2) is 4.98 Å². The average molecular weight is 320 g/mol. The monoisotopic (exact) mass is 320 g/mol. The highest BCUT2D eigenvalue weighted by molar-refractivity contribution is 7.98. The van der Waals surface area contributed by atoms with Crippen LogP contribution in [0.25, 0.3) is 0 Å². The van der Waals surface area contributed by atoms with Gasteiger partial charge >= 0.3 is 0 Å². The quantitative estimate of drug-likeness (QED) is 0.691. The highest BCUT2D eigenvalue weighted by Crippen LogP contribution is 2.26.